The summed E-state index contributed by atoms with van der Waals surface area (Å²) >= 11 is 0. The van der Waals surface area contributed by atoms with Crippen molar-refractivity contribution < 1.29 is 4.74 Å². The van der Waals surface area contributed by atoms with Gasteiger partial charge >= 0.3 is 0 Å². The molecule has 0 spiro atoms. The minimum absolute atomic E-state index is 0. The van der Waals surface area contributed by atoms with Gasteiger partial charge in [0.25, 0.3) is 0 Å². The number of methoxy groups -OCH3 is 1. The van der Waals surface area contributed by atoms with E-state index in [0.29, 0.717) is 12.0 Å². The Morgan fingerprint density at radius 3 is 2.62 bits per heavy atom. The molecule has 4 heteroatoms. The molecule has 2 atom stereocenters. The number of piperidine rings is 1. The van der Waals surface area contributed by atoms with Crippen molar-refractivity contribution in [3.05, 3.63) is 48.5 Å². The van der Waals surface area contributed by atoms with Crippen LogP contribution in [0.15, 0.2) is 48.5 Å². The van der Waals surface area contributed by atoms with Gasteiger partial charge in [-0.25, -0.2) is 0 Å². The molecule has 3 rings (SSSR count). The maximum atomic E-state index is 6.38. The van der Waals surface area contributed by atoms with E-state index in [1.165, 1.54) is 30.5 Å². The summed E-state index contributed by atoms with van der Waals surface area (Å²) in [7, 11) is 1.74. The lowest BCUT2D eigenvalue weighted by Crippen LogP contribution is -2.47. The summed E-state index contributed by atoms with van der Waals surface area (Å²) < 4.78 is 5.59. The zero-order valence-corrected chi connectivity index (χ0v) is 16.7. The van der Waals surface area contributed by atoms with Gasteiger partial charge in [-0.1, -0.05) is 50.1 Å². The first-order valence-electron chi connectivity index (χ1n) is 9.47. The number of anilines is 1. The molecule has 0 amide bonds. The highest BCUT2D eigenvalue weighted by atomic mass is 35.5. The molecule has 1 saturated heterocycles. The summed E-state index contributed by atoms with van der Waals surface area (Å²) in [5, 5.41) is 0. The molecule has 3 nitrogen and oxygen atoms in total. The van der Waals surface area contributed by atoms with Gasteiger partial charge in [-0.2, -0.15) is 0 Å². The topological polar surface area (TPSA) is 38.5 Å². The Bertz CT molecular complexity index is 677. The lowest BCUT2D eigenvalue weighted by Gasteiger charge is -2.38. The first-order chi connectivity index (χ1) is 12.2. The third-order valence-corrected chi connectivity index (χ3v) is 5.35. The van der Waals surface area contributed by atoms with Crippen LogP contribution in [-0.2, 0) is 0 Å². The fourth-order valence-corrected chi connectivity index (χ4v) is 3.79. The van der Waals surface area contributed by atoms with Gasteiger partial charge in [-0.05, 0) is 42.5 Å². The van der Waals surface area contributed by atoms with Crippen LogP contribution >= 0.6 is 12.4 Å². The zero-order valence-electron chi connectivity index (χ0n) is 15.9. The molecule has 0 aliphatic carbocycles. The van der Waals surface area contributed by atoms with Crippen LogP contribution in [0.5, 0.6) is 5.75 Å². The van der Waals surface area contributed by atoms with E-state index in [2.05, 4.69) is 54.3 Å². The van der Waals surface area contributed by atoms with E-state index in [0.717, 1.165) is 30.8 Å². The van der Waals surface area contributed by atoms with Crippen LogP contribution in [0.3, 0.4) is 0 Å². The van der Waals surface area contributed by atoms with E-state index in [1.807, 2.05) is 6.07 Å². The highest BCUT2D eigenvalue weighted by Gasteiger charge is 2.26. The smallest absolute Gasteiger partial charge is 0.126 e. The van der Waals surface area contributed by atoms with Crippen molar-refractivity contribution in [2.45, 2.75) is 38.6 Å². The maximum Gasteiger partial charge on any atom is 0.126 e. The highest BCUT2D eigenvalue weighted by molar-refractivity contribution is 5.85. The van der Waals surface area contributed by atoms with Gasteiger partial charge < -0.3 is 15.4 Å². The van der Waals surface area contributed by atoms with E-state index in [-0.39, 0.29) is 12.4 Å². The van der Waals surface area contributed by atoms with Crippen LogP contribution in [-0.4, -0.2) is 26.2 Å². The van der Waals surface area contributed by atoms with Gasteiger partial charge in [0.15, 0.2) is 0 Å². The first kappa shape index (κ1) is 20.6. The van der Waals surface area contributed by atoms with Crippen LogP contribution in [0, 0.1) is 5.92 Å². The molecule has 1 heterocycles. The van der Waals surface area contributed by atoms with Gasteiger partial charge in [-0.3, -0.25) is 0 Å². The fraction of sp³-hybridized carbons (Fsp3) is 0.455. The molecule has 0 saturated carbocycles. The quantitative estimate of drug-likeness (QED) is 0.761. The van der Waals surface area contributed by atoms with Gasteiger partial charge in [-0.15, -0.1) is 12.4 Å². The van der Waals surface area contributed by atoms with Crippen LogP contribution in [0.25, 0.3) is 11.1 Å². The highest BCUT2D eigenvalue weighted by Crippen LogP contribution is 2.35. The number of halogens is 1. The Kier molecular flexibility index (Phi) is 7.80. The Morgan fingerprint density at radius 1 is 1.15 bits per heavy atom. The third-order valence-electron chi connectivity index (χ3n) is 5.35. The van der Waals surface area contributed by atoms with Crippen LogP contribution < -0.4 is 15.4 Å². The van der Waals surface area contributed by atoms with Crippen molar-refractivity contribution in [3.63, 3.8) is 0 Å². The summed E-state index contributed by atoms with van der Waals surface area (Å²) in [5.74, 6) is 1.52. The number of ether oxygens (including phenoxy) is 1. The molecule has 0 radical (unpaired) electrons. The minimum atomic E-state index is 0. The second-order valence-electron chi connectivity index (χ2n) is 7.05. The third kappa shape index (κ3) is 4.72. The SMILES string of the molecule is CCCC[C@@H]1CN(c2ccc(OC)c(-c3ccccc3)c2)CC[C@H]1N.Cl. The monoisotopic (exact) mass is 374 g/mol. The van der Waals surface area contributed by atoms with Gasteiger partial charge in [0.05, 0.1) is 7.11 Å². The number of unbranched alkanes of at least 4 members (excludes halogenated alkanes) is 1. The summed E-state index contributed by atoms with van der Waals surface area (Å²) in [4.78, 5) is 2.50. The van der Waals surface area contributed by atoms with Crippen molar-refractivity contribution >= 4 is 18.1 Å². The van der Waals surface area contributed by atoms with Crippen LogP contribution in [0.2, 0.25) is 0 Å². The molecule has 1 aliphatic rings. The molecule has 0 unspecified atom stereocenters. The number of rotatable bonds is 6. The molecule has 2 aromatic rings. The van der Waals surface area contributed by atoms with E-state index >= 15 is 0 Å². The van der Waals surface area contributed by atoms with E-state index < -0.39 is 0 Å². The molecule has 142 valence electrons. The average molecular weight is 375 g/mol. The van der Waals surface area contributed by atoms with E-state index in [1.54, 1.807) is 7.11 Å². The van der Waals surface area contributed by atoms with Crippen molar-refractivity contribution in [3.8, 4) is 16.9 Å². The number of benzene rings is 2. The van der Waals surface area contributed by atoms with Gasteiger partial charge in [0, 0.05) is 30.4 Å². The second-order valence-corrected chi connectivity index (χ2v) is 7.05. The molecule has 26 heavy (non-hydrogen) atoms. The largest absolute Gasteiger partial charge is 0.496 e. The summed E-state index contributed by atoms with van der Waals surface area (Å²) in [6.07, 6.45) is 4.81. The molecule has 1 aliphatic heterocycles. The molecule has 0 bridgehead atoms. The maximum absolute atomic E-state index is 6.38. The lowest BCUT2D eigenvalue weighted by molar-refractivity contribution is 0.330. The average Bonchev–Trinajstić information content (AvgIpc) is 2.67. The van der Waals surface area contributed by atoms with Crippen LogP contribution in [0.1, 0.15) is 32.6 Å². The van der Waals surface area contributed by atoms with Crippen molar-refractivity contribution in [1.82, 2.24) is 0 Å². The zero-order chi connectivity index (χ0) is 17.6. The summed E-state index contributed by atoms with van der Waals surface area (Å²) in [6.45, 7) is 4.34. The normalized spacial score (nSPS) is 19.7. The Balaban J connectivity index is 0.00000243. The van der Waals surface area contributed by atoms with Crippen molar-refractivity contribution in [2.75, 3.05) is 25.1 Å². The lowest BCUT2D eigenvalue weighted by atomic mass is 9.88. The minimum Gasteiger partial charge on any atom is -0.496 e. The molecular weight excluding hydrogens is 344 g/mol. The molecule has 2 N–H and O–H groups in total. The van der Waals surface area contributed by atoms with Crippen LogP contribution in [0.4, 0.5) is 5.69 Å². The Hall–Kier alpha value is -1.71. The molecule has 1 fully saturated rings. The number of nitrogens with zero attached hydrogens (tertiary/aromatic N) is 1. The standard InChI is InChI=1S/C22H30N2O.ClH/c1-3-4-8-18-16-24(14-13-21(18)23)19-11-12-22(25-2)20(15-19)17-9-6-5-7-10-17;/h5-7,9-12,15,18,21H,3-4,8,13-14,16,23H2,1-2H3;1H/t18-,21-;/m1./s1. The van der Waals surface area contributed by atoms with Gasteiger partial charge in [0.2, 0.25) is 0 Å². The van der Waals surface area contributed by atoms with Crippen molar-refractivity contribution in [1.29, 1.82) is 0 Å². The molecular formula is C22H31ClN2O. The number of nitrogens with two attached hydrogens (primary N) is 1. The predicted octanol–water partition coefficient (Wildman–Crippen LogP) is 5.13. The second kappa shape index (κ2) is 9.84. The molecule has 2 aromatic carbocycles. The van der Waals surface area contributed by atoms with E-state index in [9.17, 15) is 0 Å². The fourth-order valence-electron chi connectivity index (χ4n) is 3.79. The van der Waals surface area contributed by atoms with Gasteiger partial charge in [0.1, 0.15) is 5.75 Å². The Labute approximate surface area is 163 Å². The number of hydrogen-bond donors (Lipinski definition) is 1. The summed E-state index contributed by atoms with van der Waals surface area (Å²) in [5.41, 5.74) is 10.00. The summed E-state index contributed by atoms with van der Waals surface area (Å²) in [6, 6.07) is 17.3. The molecule has 0 aromatic heterocycles. The van der Waals surface area contributed by atoms with Crippen molar-refractivity contribution in [2.24, 2.45) is 11.7 Å². The van der Waals surface area contributed by atoms with E-state index in [4.69, 9.17) is 10.5 Å². The Morgan fingerprint density at radius 2 is 1.92 bits per heavy atom. The first-order valence-corrected chi connectivity index (χ1v) is 9.47. The number of hydrogen-bond acceptors (Lipinski definition) is 3. The predicted molar refractivity (Wildman–Crippen MR) is 113 cm³/mol.